The van der Waals surface area contributed by atoms with Crippen molar-refractivity contribution >= 4 is 9.24 Å². The van der Waals surface area contributed by atoms with E-state index in [4.69, 9.17) is 0 Å². The van der Waals surface area contributed by atoms with Crippen LogP contribution in [0, 0.1) is 11.8 Å². The lowest BCUT2D eigenvalue weighted by Gasteiger charge is -2.25. The van der Waals surface area contributed by atoms with Gasteiger partial charge in [-0.2, -0.15) is 0 Å². The van der Waals surface area contributed by atoms with Crippen molar-refractivity contribution in [3.05, 3.63) is 12.2 Å². The highest BCUT2D eigenvalue weighted by Gasteiger charge is 2.17. The average molecular weight is 172 g/mol. The molecular weight excluding hydrogens is 151 g/mol. The van der Waals surface area contributed by atoms with Crippen molar-refractivity contribution in [2.24, 2.45) is 11.8 Å². The standard InChI is InChI=1S/C10H21P/c1-6-8(4)9(5)10(11)7(2)3/h8-10H,2,6,11H2,1,3-5H3. The first-order chi connectivity index (χ1) is 5.00. The Morgan fingerprint density at radius 2 is 1.91 bits per heavy atom. The molecule has 1 heteroatoms. The molecule has 66 valence electrons. The predicted octanol–water partition coefficient (Wildman–Crippen LogP) is 3.49. The monoisotopic (exact) mass is 172 g/mol. The Labute approximate surface area is 73.7 Å². The van der Waals surface area contributed by atoms with Crippen LogP contribution in [0.3, 0.4) is 0 Å². The fourth-order valence-electron chi connectivity index (χ4n) is 1.17. The molecule has 4 atom stereocenters. The summed E-state index contributed by atoms with van der Waals surface area (Å²) < 4.78 is 0. The maximum Gasteiger partial charge on any atom is -0.00330 e. The van der Waals surface area contributed by atoms with E-state index in [-0.39, 0.29) is 0 Å². The molecule has 0 fully saturated rings. The predicted molar refractivity (Wildman–Crippen MR) is 56.9 cm³/mol. The highest BCUT2D eigenvalue weighted by Crippen LogP contribution is 2.27. The SMILES string of the molecule is C=C(C)C(P)C(C)C(C)CC. The number of rotatable bonds is 4. The minimum atomic E-state index is 0.588. The molecular formula is C10H21P. The van der Waals surface area contributed by atoms with Gasteiger partial charge in [0.25, 0.3) is 0 Å². The van der Waals surface area contributed by atoms with E-state index in [9.17, 15) is 0 Å². The molecule has 0 aromatic carbocycles. The number of hydrogen-bond donors (Lipinski definition) is 0. The van der Waals surface area contributed by atoms with E-state index >= 15 is 0 Å². The van der Waals surface area contributed by atoms with E-state index in [1.54, 1.807) is 0 Å². The second-order valence-electron chi connectivity index (χ2n) is 3.62. The summed E-state index contributed by atoms with van der Waals surface area (Å²) in [6.45, 7) is 12.9. The maximum atomic E-state index is 3.97. The van der Waals surface area contributed by atoms with Gasteiger partial charge in [0.15, 0.2) is 0 Å². The molecule has 0 spiro atoms. The summed E-state index contributed by atoms with van der Waals surface area (Å²) in [5.74, 6) is 1.54. The molecule has 0 heterocycles. The first kappa shape index (κ1) is 11.2. The highest BCUT2D eigenvalue weighted by molar-refractivity contribution is 7.18. The minimum Gasteiger partial charge on any atom is -0.130 e. The zero-order valence-corrected chi connectivity index (χ0v) is 9.38. The van der Waals surface area contributed by atoms with Crippen LogP contribution in [-0.2, 0) is 0 Å². The second kappa shape index (κ2) is 4.93. The molecule has 0 amide bonds. The normalized spacial score (nSPS) is 19.0. The van der Waals surface area contributed by atoms with Crippen LogP contribution >= 0.6 is 9.24 Å². The van der Waals surface area contributed by atoms with Crippen molar-refractivity contribution in [3.63, 3.8) is 0 Å². The molecule has 0 bridgehead atoms. The number of allylic oxidation sites excluding steroid dienone is 1. The molecule has 0 aliphatic heterocycles. The summed E-state index contributed by atoms with van der Waals surface area (Å²) >= 11 is 0. The van der Waals surface area contributed by atoms with E-state index in [0.29, 0.717) is 5.66 Å². The third-order valence-electron chi connectivity index (χ3n) is 2.68. The molecule has 0 aliphatic rings. The lowest BCUT2D eigenvalue weighted by atomic mass is 9.88. The van der Waals surface area contributed by atoms with Gasteiger partial charge in [0.1, 0.15) is 0 Å². The molecule has 0 aliphatic carbocycles. The fourth-order valence-corrected chi connectivity index (χ4v) is 1.55. The smallest absolute Gasteiger partial charge is 0.00330 e. The van der Waals surface area contributed by atoms with E-state index in [1.807, 2.05) is 0 Å². The molecule has 0 aromatic heterocycles. The van der Waals surface area contributed by atoms with Gasteiger partial charge >= 0.3 is 0 Å². The first-order valence-electron chi connectivity index (χ1n) is 4.41. The molecule has 0 rings (SSSR count). The summed E-state index contributed by atoms with van der Waals surface area (Å²) in [5, 5.41) is 0. The lowest BCUT2D eigenvalue weighted by Crippen LogP contribution is -2.18. The molecule has 0 aromatic rings. The fraction of sp³-hybridized carbons (Fsp3) is 0.800. The zero-order chi connectivity index (χ0) is 9.02. The van der Waals surface area contributed by atoms with E-state index in [1.165, 1.54) is 12.0 Å². The molecule has 11 heavy (non-hydrogen) atoms. The van der Waals surface area contributed by atoms with Gasteiger partial charge in [-0.1, -0.05) is 39.3 Å². The Morgan fingerprint density at radius 3 is 2.18 bits per heavy atom. The van der Waals surface area contributed by atoms with Crippen LogP contribution < -0.4 is 0 Å². The Balaban J connectivity index is 4.00. The Kier molecular flexibility index (Phi) is 5.01. The van der Waals surface area contributed by atoms with Crippen LogP contribution in [0.1, 0.15) is 34.1 Å². The topological polar surface area (TPSA) is 0 Å². The van der Waals surface area contributed by atoms with Crippen molar-refractivity contribution < 1.29 is 0 Å². The van der Waals surface area contributed by atoms with Crippen LogP contribution in [0.4, 0.5) is 0 Å². The highest BCUT2D eigenvalue weighted by atomic mass is 31.0. The van der Waals surface area contributed by atoms with Gasteiger partial charge in [-0.05, 0) is 24.4 Å². The quantitative estimate of drug-likeness (QED) is 0.450. The van der Waals surface area contributed by atoms with E-state index in [2.05, 4.69) is 43.5 Å². The summed E-state index contributed by atoms with van der Waals surface area (Å²) in [4.78, 5) is 0. The number of hydrogen-bond acceptors (Lipinski definition) is 0. The summed E-state index contributed by atoms with van der Waals surface area (Å²) in [7, 11) is 2.89. The third-order valence-corrected chi connectivity index (χ3v) is 3.85. The van der Waals surface area contributed by atoms with Crippen molar-refractivity contribution in [1.82, 2.24) is 0 Å². The van der Waals surface area contributed by atoms with Crippen LogP contribution in [-0.4, -0.2) is 5.66 Å². The van der Waals surface area contributed by atoms with Gasteiger partial charge in [0.2, 0.25) is 0 Å². The summed E-state index contributed by atoms with van der Waals surface area (Å²) in [6.07, 6.45) is 1.26. The van der Waals surface area contributed by atoms with Gasteiger partial charge in [-0.15, -0.1) is 9.24 Å². The zero-order valence-electron chi connectivity index (χ0n) is 8.22. The minimum absolute atomic E-state index is 0.588. The molecule has 0 N–H and O–H groups in total. The van der Waals surface area contributed by atoms with Crippen LogP contribution in [0.25, 0.3) is 0 Å². The van der Waals surface area contributed by atoms with Gasteiger partial charge in [0.05, 0.1) is 0 Å². The van der Waals surface area contributed by atoms with E-state index < -0.39 is 0 Å². The van der Waals surface area contributed by atoms with Crippen LogP contribution in [0.5, 0.6) is 0 Å². The summed E-state index contributed by atoms with van der Waals surface area (Å²) in [5.41, 5.74) is 1.87. The first-order valence-corrected chi connectivity index (χ1v) is 5.08. The van der Waals surface area contributed by atoms with Crippen molar-refractivity contribution in [3.8, 4) is 0 Å². The second-order valence-corrected chi connectivity index (χ2v) is 4.34. The van der Waals surface area contributed by atoms with Crippen LogP contribution in [0.2, 0.25) is 0 Å². The van der Waals surface area contributed by atoms with Gasteiger partial charge in [0, 0.05) is 0 Å². The third kappa shape index (κ3) is 3.38. The van der Waals surface area contributed by atoms with E-state index in [0.717, 1.165) is 11.8 Å². The lowest BCUT2D eigenvalue weighted by molar-refractivity contribution is 0.382. The Bertz CT molecular complexity index is 129. The van der Waals surface area contributed by atoms with Gasteiger partial charge < -0.3 is 0 Å². The molecule has 4 unspecified atom stereocenters. The van der Waals surface area contributed by atoms with Crippen molar-refractivity contribution in [2.75, 3.05) is 0 Å². The van der Waals surface area contributed by atoms with Crippen molar-refractivity contribution in [1.29, 1.82) is 0 Å². The average Bonchev–Trinajstić information content (AvgIpc) is 2.00. The Morgan fingerprint density at radius 1 is 1.45 bits per heavy atom. The maximum absolute atomic E-state index is 3.97. The van der Waals surface area contributed by atoms with Crippen LogP contribution in [0.15, 0.2) is 12.2 Å². The molecule has 0 saturated carbocycles. The van der Waals surface area contributed by atoms with Crippen molar-refractivity contribution in [2.45, 2.75) is 39.8 Å². The summed E-state index contributed by atoms with van der Waals surface area (Å²) in [6, 6.07) is 0. The molecule has 0 nitrogen and oxygen atoms in total. The van der Waals surface area contributed by atoms with Gasteiger partial charge in [-0.3, -0.25) is 0 Å². The largest absolute Gasteiger partial charge is 0.130 e. The molecule has 0 saturated heterocycles. The van der Waals surface area contributed by atoms with Gasteiger partial charge in [-0.25, -0.2) is 0 Å². The molecule has 0 radical (unpaired) electrons. The Hall–Kier alpha value is 0.170.